The largest absolute Gasteiger partial charge is 0.459 e. The van der Waals surface area contributed by atoms with Gasteiger partial charge in [0.1, 0.15) is 17.4 Å². The Kier molecular flexibility index (Phi) is 3.90. The molecule has 1 aliphatic heterocycles. The first-order valence-electron chi connectivity index (χ1n) is 9.19. The number of para-hydroxylation sites is 1. The first-order valence-corrected chi connectivity index (χ1v) is 9.19. The molecule has 1 N–H and O–H groups in total. The van der Waals surface area contributed by atoms with Gasteiger partial charge in [-0.3, -0.25) is 9.58 Å². The van der Waals surface area contributed by atoms with Crippen molar-refractivity contribution in [2.24, 2.45) is 0 Å². The molecule has 0 saturated heterocycles. The standard InChI is InChI=1S/C21H21N5O/c1-2-8-26-13-15(11-24-26)12-25-9-7-17-20(23-14-22-17)21(25)19-10-16-5-3-4-6-18(16)27-19/h2-6,10-11,13-14,21H,1,7-9,12H2,(H,22,23)/t21-/m0/s1. The predicted octanol–water partition coefficient (Wildman–Crippen LogP) is 3.69. The summed E-state index contributed by atoms with van der Waals surface area (Å²) in [4.78, 5) is 10.3. The van der Waals surface area contributed by atoms with Crippen LogP contribution in [0, 0.1) is 0 Å². The maximum absolute atomic E-state index is 6.22. The summed E-state index contributed by atoms with van der Waals surface area (Å²) >= 11 is 0. The van der Waals surface area contributed by atoms with Gasteiger partial charge < -0.3 is 9.40 Å². The molecule has 6 nitrogen and oxygen atoms in total. The lowest BCUT2D eigenvalue weighted by Gasteiger charge is -2.33. The molecule has 1 aliphatic rings. The van der Waals surface area contributed by atoms with Gasteiger partial charge in [-0.15, -0.1) is 6.58 Å². The van der Waals surface area contributed by atoms with Crippen LogP contribution in [-0.4, -0.2) is 31.2 Å². The quantitative estimate of drug-likeness (QED) is 0.552. The average molecular weight is 359 g/mol. The Bertz CT molecular complexity index is 1060. The van der Waals surface area contributed by atoms with Gasteiger partial charge in [-0.05, 0) is 12.1 Å². The monoisotopic (exact) mass is 359 g/mol. The van der Waals surface area contributed by atoms with E-state index in [-0.39, 0.29) is 6.04 Å². The number of aromatic nitrogens is 4. The molecule has 0 amide bonds. The van der Waals surface area contributed by atoms with E-state index in [1.807, 2.05) is 35.2 Å². The molecule has 0 unspecified atom stereocenters. The molecule has 1 atom stereocenters. The van der Waals surface area contributed by atoms with Crippen molar-refractivity contribution in [3.63, 3.8) is 0 Å². The van der Waals surface area contributed by atoms with Crippen LogP contribution in [0.4, 0.5) is 0 Å². The normalized spacial score (nSPS) is 17.3. The van der Waals surface area contributed by atoms with Crippen LogP contribution in [0.3, 0.4) is 0 Å². The summed E-state index contributed by atoms with van der Waals surface area (Å²) in [5, 5.41) is 5.53. The van der Waals surface area contributed by atoms with Crippen LogP contribution in [0.5, 0.6) is 0 Å². The number of fused-ring (bicyclic) bond motifs is 2. The molecule has 5 rings (SSSR count). The maximum Gasteiger partial charge on any atom is 0.134 e. The molecule has 0 saturated carbocycles. The molecule has 0 spiro atoms. The summed E-state index contributed by atoms with van der Waals surface area (Å²) in [6.07, 6.45) is 8.60. The Balaban J connectivity index is 1.52. The minimum atomic E-state index is -0.00449. The van der Waals surface area contributed by atoms with Gasteiger partial charge in [-0.1, -0.05) is 24.3 Å². The fourth-order valence-electron chi connectivity index (χ4n) is 3.90. The van der Waals surface area contributed by atoms with Crippen molar-refractivity contribution in [3.8, 4) is 0 Å². The summed E-state index contributed by atoms with van der Waals surface area (Å²) in [6.45, 7) is 6.23. The summed E-state index contributed by atoms with van der Waals surface area (Å²) in [6, 6.07) is 10.3. The molecule has 0 aliphatic carbocycles. The van der Waals surface area contributed by atoms with Crippen LogP contribution >= 0.6 is 0 Å². The van der Waals surface area contributed by atoms with Gasteiger partial charge in [0.15, 0.2) is 0 Å². The fourth-order valence-corrected chi connectivity index (χ4v) is 3.90. The molecule has 136 valence electrons. The Morgan fingerprint density at radius 2 is 2.26 bits per heavy atom. The highest BCUT2D eigenvalue weighted by Gasteiger charge is 2.33. The second-order valence-electron chi connectivity index (χ2n) is 6.94. The third kappa shape index (κ3) is 2.88. The van der Waals surface area contributed by atoms with Crippen LogP contribution in [0.15, 0.2) is 66.1 Å². The Morgan fingerprint density at radius 3 is 3.15 bits per heavy atom. The first kappa shape index (κ1) is 16.1. The minimum Gasteiger partial charge on any atom is -0.459 e. The third-order valence-electron chi connectivity index (χ3n) is 5.13. The highest BCUT2D eigenvalue weighted by Crippen LogP contribution is 2.36. The fraction of sp³-hybridized carbons (Fsp3) is 0.238. The predicted molar refractivity (Wildman–Crippen MR) is 103 cm³/mol. The van der Waals surface area contributed by atoms with Crippen molar-refractivity contribution in [1.82, 2.24) is 24.6 Å². The molecule has 1 aromatic carbocycles. The van der Waals surface area contributed by atoms with E-state index in [0.29, 0.717) is 0 Å². The van der Waals surface area contributed by atoms with Gasteiger partial charge in [0, 0.05) is 42.4 Å². The van der Waals surface area contributed by atoms with Crippen molar-refractivity contribution in [3.05, 3.63) is 84.4 Å². The van der Waals surface area contributed by atoms with E-state index in [2.05, 4.69) is 44.9 Å². The number of hydrogen-bond donors (Lipinski definition) is 1. The van der Waals surface area contributed by atoms with Crippen LogP contribution in [-0.2, 0) is 19.5 Å². The van der Waals surface area contributed by atoms with Crippen molar-refractivity contribution in [2.45, 2.75) is 25.6 Å². The van der Waals surface area contributed by atoms with Gasteiger partial charge in [0.05, 0.1) is 24.8 Å². The van der Waals surface area contributed by atoms with Crippen LogP contribution in [0.25, 0.3) is 11.0 Å². The number of rotatable bonds is 5. The Morgan fingerprint density at radius 1 is 1.33 bits per heavy atom. The van der Waals surface area contributed by atoms with Crippen molar-refractivity contribution in [1.29, 1.82) is 0 Å². The van der Waals surface area contributed by atoms with E-state index >= 15 is 0 Å². The smallest absolute Gasteiger partial charge is 0.134 e. The SMILES string of the molecule is C=CCn1cc(CN2CCc3[nH]cnc3[C@@H]2c2cc3ccccc3o2)cn1. The molecule has 0 radical (unpaired) electrons. The number of allylic oxidation sites excluding steroid dienone is 1. The number of nitrogens with one attached hydrogen (secondary N) is 1. The van der Waals surface area contributed by atoms with Crippen LogP contribution in [0.1, 0.15) is 28.8 Å². The number of H-pyrrole nitrogens is 1. The van der Waals surface area contributed by atoms with Crippen LogP contribution in [0.2, 0.25) is 0 Å². The molecule has 4 aromatic rings. The third-order valence-corrected chi connectivity index (χ3v) is 5.13. The summed E-state index contributed by atoms with van der Waals surface area (Å²) in [5.41, 5.74) is 4.34. The van der Waals surface area contributed by atoms with Gasteiger partial charge in [0.25, 0.3) is 0 Å². The van der Waals surface area contributed by atoms with Gasteiger partial charge in [0.2, 0.25) is 0 Å². The highest BCUT2D eigenvalue weighted by atomic mass is 16.3. The second-order valence-corrected chi connectivity index (χ2v) is 6.94. The average Bonchev–Trinajstić information content (AvgIpc) is 3.40. The van der Waals surface area contributed by atoms with E-state index in [1.165, 1.54) is 11.3 Å². The summed E-state index contributed by atoms with van der Waals surface area (Å²) < 4.78 is 8.12. The molecule has 3 aromatic heterocycles. The molecule has 4 heterocycles. The lowest BCUT2D eigenvalue weighted by molar-refractivity contribution is 0.181. The number of benzene rings is 1. The molecular formula is C21H21N5O. The second kappa shape index (κ2) is 6.55. The van der Waals surface area contributed by atoms with E-state index in [0.717, 1.165) is 48.5 Å². The minimum absolute atomic E-state index is 0.00449. The van der Waals surface area contributed by atoms with Crippen LogP contribution < -0.4 is 0 Å². The van der Waals surface area contributed by atoms with Gasteiger partial charge in [-0.2, -0.15) is 5.10 Å². The van der Waals surface area contributed by atoms with Crippen molar-refractivity contribution < 1.29 is 4.42 Å². The van der Waals surface area contributed by atoms with Crippen molar-refractivity contribution in [2.75, 3.05) is 6.54 Å². The first-order chi connectivity index (χ1) is 13.3. The van der Waals surface area contributed by atoms with E-state index in [9.17, 15) is 0 Å². The number of furan rings is 1. The summed E-state index contributed by atoms with van der Waals surface area (Å²) in [7, 11) is 0. The molecule has 6 heteroatoms. The van der Waals surface area contributed by atoms with E-state index in [1.54, 1.807) is 6.33 Å². The Hall–Kier alpha value is -3.12. The molecular weight excluding hydrogens is 338 g/mol. The highest BCUT2D eigenvalue weighted by molar-refractivity contribution is 5.78. The lowest BCUT2D eigenvalue weighted by atomic mass is 10.00. The zero-order chi connectivity index (χ0) is 18.2. The topological polar surface area (TPSA) is 62.9 Å². The Labute approximate surface area is 157 Å². The number of imidazole rings is 1. The lowest BCUT2D eigenvalue weighted by Crippen LogP contribution is -2.35. The van der Waals surface area contributed by atoms with E-state index < -0.39 is 0 Å². The van der Waals surface area contributed by atoms with Crippen molar-refractivity contribution >= 4 is 11.0 Å². The van der Waals surface area contributed by atoms with Gasteiger partial charge >= 0.3 is 0 Å². The zero-order valence-electron chi connectivity index (χ0n) is 15.0. The molecule has 27 heavy (non-hydrogen) atoms. The molecule has 0 bridgehead atoms. The maximum atomic E-state index is 6.22. The zero-order valence-corrected chi connectivity index (χ0v) is 15.0. The molecule has 0 fully saturated rings. The number of nitrogens with zero attached hydrogens (tertiary/aromatic N) is 4. The number of hydrogen-bond acceptors (Lipinski definition) is 4. The van der Waals surface area contributed by atoms with E-state index in [4.69, 9.17) is 4.42 Å². The summed E-state index contributed by atoms with van der Waals surface area (Å²) in [5.74, 6) is 0.933. The van der Waals surface area contributed by atoms with Gasteiger partial charge in [-0.25, -0.2) is 4.98 Å². The number of aromatic amines is 1.